The van der Waals surface area contributed by atoms with Gasteiger partial charge in [0.1, 0.15) is 12.4 Å². The Hall–Kier alpha value is -3.54. The molecule has 0 unspecified atom stereocenters. The number of likely N-dealkylation sites (tertiary alicyclic amines) is 1. The Morgan fingerprint density at radius 2 is 1.83 bits per heavy atom. The first-order valence-electron chi connectivity index (χ1n) is 11.5. The number of ether oxygens (including phenoxy) is 1. The van der Waals surface area contributed by atoms with Gasteiger partial charge in [0.25, 0.3) is 0 Å². The lowest BCUT2D eigenvalue weighted by Crippen LogP contribution is -2.71. The average Bonchev–Trinajstić information content (AvgIpc) is 2.85. The first-order chi connectivity index (χ1) is 17.1. The lowest BCUT2D eigenvalue weighted by Gasteiger charge is -2.49. The molecule has 0 radical (unpaired) electrons. The van der Waals surface area contributed by atoms with E-state index < -0.39 is 21.5 Å². The number of hydrogen-bond donors (Lipinski definition) is 3. The quantitative estimate of drug-likeness (QED) is 0.295. The predicted molar refractivity (Wildman–Crippen MR) is 132 cm³/mol. The van der Waals surface area contributed by atoms with Crippen molar-refractivity contribution in [2.75, 3.05) is 13.1 Å². The third-order valence-corrected chi connectivity index (χ3v) is 7.75. The topological polar surface area (TPSA) is 138 Å². The molecule has 3 N–H and O–H groups in total. The molecule has 0 saturated carbocycles. The number of benzene rings is 2. The van der Waals surface area contributed by atoms with Gasteiger partial charge in [-0.15, -0.1) is 0 Å². The summed E-state index contributed by atoms with van der Waals surface area (Å²) < 4.78 is 34.6. The number of sulfonamides is 1. The number of aromatic nitrogens is 1. The van der Waals surface area contributed by atoms with Crippen LogP contribution in [0, 0.1) is 0 Å². The minimum Gasteiger partial charge on any atom is -0.489 e. The molecule has 1 saturated heterocycles. The highest BCUT2D eigenvalue weighted by molar-refractivity contribution is 7.89. The van der Waals surface area contributed by atoms with Crippen molar-refractivity contribution in [3.63, 3.8) is 0 Å². The van der Waals surface area contributed by atoms with Crippen LogP contribution in [0.3, 0.4) is 0 Å². The molecule has 190 valence electrons. The van der Waals surface area contributed by atoms with E-state index in [-0.39, 0.29) is 30.3 Å². The normalized spacial score (nSPS) is 14.8. The summed E-state index contributed by atoms with van der Waals surface area (Å²) in [6.45, 7) is 3.74. The molecule has 1 fully saturated rings. The second-order valence-corrected chi connectivity index (χ2v) is 10.6. The second kappa shape index (κ2) is 10.2. The zero-order chi connectivity index (χ0) is 25.9. The molecule has 1 aliphatic rings. The molecule has 0 aliphatic carbocycles. The average molecular weight is 513 g/mol. The van der Waals surface area contributed by atoms with E-state index in [2.05, 4.69) is 9.71 Å². The third-order valence-electron chi connectivity index (χ3n) is 6.15. The Labute approximate surface area is 209 Å². The minimum absolute atomic E-state index is 0.0115. The molecule has 10 nitrogen and oxygen atoms in total. The van der Waals surface area contributed by atoms with E-state index in [1.165, 1.54) is 29.4 Å². The lowest BCUT2D eigenvalue weighted by atomic mass is 9.87. The maximum Gasteiger partial charge on any atom is 0.245 e. The molecule has 3 aromatic rings. The highest BCUT2D eigenvalue weighted by Gasteiger charge is 2.48. The molecule has 2 heterocycles. The maximum atomic E-state index is 13.0. The van der Waals surface area contributed by atoms with Crippen LogP contribution in [0.5, 0.6) is 5.75 Å². The molecular formula is C25H28N4O6S. The Kier molecular flexibility index (Phi) is 7.25. The number of para-hydroxylation sites is 1. The number of fused-ring (bicyclic) bond motifs is 1. The maximum absolute atomic E-state index is 13.0. The van der Waals surface area contributed by atoms with Crippen LogP contribution in [0.2, 0.25) is 0 Å². The summed E-state index contributed by atoms with van der Waals surface area (Å²) in [5.41, 5.74) is 3.15. The summed E-state index contributed by atoms with van der Waals surface area (Å²) in [5, 5.41) is 9.88. The fourth-order valence-electron chi connectivity index (χ4n) is 4.30. The van der Waals surface area contributed by atoms with Gasteiger partial charge in [-0.05, 0) is 42.8 Å². The number of hydroxylamine groups is 1. The van der Waals surface area contributed by atoms with Gasteiger partial charge in [0.15, 0.2) is 0 Å². The van der Waals surface area contributed by atoms with E-state index in [1.54, 1.807) is 12.1 Å². The number of carbonyl (C=O) groups excluding carboxylic acids is 2. The molecule has 0 bridgehead atoms. The Bertz CT molecular complexity index is 1390. The number of hydrogen-bond acceptors (Lipinski definition) is 7. The highest BCUT2D eigenvalue weighted by Crippen LogP contribution is 2.28. The van der Waals surface area contributed by atoms with E-state index >= 15 is 0 Å². The molecule has 2 amide bonds. The van der Waals surface area contributed by atoms with Gasteiger partial charge in [-0.1, -0.05) is 25.1 Å². The van der Waals surface area contributed by atoms with Gasteiger partial charge < -0.3 is 9.64 Å². The van der Waals surface area contributed by atoms with Gasteiger partial charge in [0.05, 0.1) is 22.4 Å². The van der Waals surface area contributed by atoms with Crippen molar-refractivity contribution >= 4 is 32.7 Å². The molecule has 1 aromatic heterocycles. The van der Waals surface area contributed by atoms with Crippen LogP contribution in [0.25, 0.3) is 10.9 Å². The summed E-state index contributed by atoms with van der Waals surface area (Å²) in [5.74, 6) is -0.489. The van der Waals surface area contributed by atoms with Crippen molar-refractivity contribution in [1.82, 2.24) is 20.1 Å². The van der Waals surface area contributed by atoms with Crippen molar-refractivity contribution in [3.05, 3.63) is 65.9 Å². The standard InChI is InChI=1S/C25H28N4O6S/c1-3-19-12-18(22-6-4-5-7-23(22)26-19)14-35-20-8-10-21(11-9-20)36(33,34)28-25(13-24(31)27-32)15-29(16-25)17(2)30/h4-12,28,32H,3,13-16H2,1-2H3,(H,27,31). The smallest absolute Gasteiger partial charge is 0.245 e. The Morgan fingerprint density at radius 1 is 1.14 bits per heavy atom. The summed E-state index contributed by atoms with van der Waals surface area (Å²) in [6.07, 6.45) is 0.483. The second-order valence-electron chi connectivity index (χ2n) is 8.88. The van der Waals surface area contributed by atoms with Crippen LogP contribution in [0.15, 0.2) is 59.5 Å². The van der Waals surface area contributed by atoms with Crippen LogP contribution >= 0.6 is 0 Å². The third kappa shape index (κ3) is 5.48. The van der Waals surface area contributed by atoms with E-state index in [1.807, 2.05) is 37.3 Å². The summed E-state index contributed by atoms with van der Waals surface area (Å²) >= 11 is 0. The molecule has 36 heavy (non-hydrogen) atoms. The fourth-order valence-corrected chi connectivity index (χ4v) is 5.68. The van der Waals surface area contributed by atoms with Gasteiger partial charge >= 0.3 is 0 Å². The van der Waals surface area contributed by atoms with E-state index in [4.69, 9.17) is 9.94 Å². The van der Waals surface area contributed by atoms with Gasteiger partial charge in [-0.25, -0.2) is 18.6 Å². The van der Waals surface area contributed by atoms with E-state index in [0.717, 1.165) is 28.6 Å². The highest BCUT2D eigenvalue weighted by atomic mass is 32.2. The molecule has 1 aliphatic heterocycles. The zero-order valence-corrected chi connectivity index (χ0v) is 20.8. The van der Waals surface area contributed by atoms with Crippen LogP contribution < -0.4 is 14.9 Å². The monoisotopic (exact) mass is 512 g/mol. The Balaban J connectivity index is 1.47. The summed E-state index contributed by atoms with van der Waals surface area (Å²) in [7, 11) is -4.02. The van der Waals surface area contributed by atoms with Crippen LogP contribution in [-0.2, 0) is 32.6 Å². The zero-order valence-electron chi connectivity index (χ0n) is 20.0. The lowest BCUT2D eigenvalue weighted by molar-refractivity contribution is -0.141. The number of rotatable bonds is 9. The van der Waals surface area contributed by atoms with Crippen molar-refractivity contribution in [2.45, 2.75) is 43.7 Å². The first kappa shape index (κ1) is 25.5. The molecular weight excluding hydrogens is 484 g/mol. The summed E-state index contributed by atoms with van der Waals surface area (Å²) in [6, 6.07) is 15.8. The molecule has 4 rings (SSSR count). The van der Waals surface area contributed by atoms with E-state index in [9.17, 15) is 18.0 Å². The number of aryl methyl sites for hydroxylation is 1. The number of nitrogens with one attached hydrogen (secondary N) is 2. The minimum atomic E-state index is -4.02. The number of carbonyl (C=O) groups is 2. The number of nitrogens with zero attached hydrogens (tertiary/aromatic N) is 2. The van der Waals surface area contributed by atoms with Crippen LogP contribution in [0.1, 0.15) is 31.5 Å². The largest absolute Gasteiger partial charge is 0.489 e. The Morgan fingerprint density at radius 3 is 2.47 bits per heavy atom. The number of pyridine rings is 1. The van der Waals surface area contributed by atoms with Crippen molar-refractivity contribution in [3.8, 4) is 5.75 Å². The van der Waals surface area contributed by atoms with Crippen LogP contribution in [-0.4, -0.2) is 54.0 Å². The molecule has 2 aromatic carbocycles. The molecule has 0 atom stereocenters. The fraction of sp³-hybridized carbons (Fsp3) is 0.320. The van der Waals surface area contributed by atoms with Gasteiger partial charge in [-0.2, -0.15) is 0 Å². The first-order valence-corrected chi connectivity index (χ1v) is 13.0. The molecule has 11 heteroatoms. The van der Waals surface area contributed by atoms with Gasteiger partial charge in [-0.3, -0.25) is 19.8 Å². The van der Waals surface area contributed by atoms with Gasteiger partial charge in [0, 0.05) is 36.7 Å². The predicted octanol–water partition coefficient (Wildman–Crippen LogP) is 2.15. The van der Waals surface area contributed by atoms with E-state index in [0.29, 0.717) is 12.4 Å². The van der Waals surface area contributed by atoms with Crippen LogP contribution in [0.4, 0.5) is 0 Å². The SMILES string of the molecule is CCc1cc(COc2ccc(S(=O)(=O)NC3(CC(=O)NO)CN(C(C)=O)C3)cc2)c2ccccc2n1. The van der Waals surface area contributed by atoms with Crippen molar-refractivity contribution < 1.29 is 28.0 Å². The summed E-state index contributed by atoms with van der Waals surface area (Å²) in [4.78, 5) is 29.4. The molecule has 0 spiro atoms. The van der Waals surface area contributed by atoms with Crippen molar-refractivity contribution in [1.29, 1.82) is 0 Å². The van der Waals surface area contributed by atoms with Crippen molar-refractivity contribution in [2.24, 2.45) is 0 Å². The number of amides is 2. The van der Waals surface area contributed by atoms with Gasteiger partial charge in [0.2, 0.25) is 21.8 Å².